The van der Waals surface area contributed by atoms with Crippen molar-refractivity contribution in [1.82, 2.24) is 0 Å². The fourth-order valence-corrected chi connectivity index (χ4v) is 5.24. The minimum atomic E-state index is -3.31. The molecule has 20 heavy (non-hydrogen) atoms. The first-order valence-corrected chi connectivity index (χ1v) is 9.14. The lowest BCUT2D eigenvalue weighted by molar-refractivity contribution is -0.140. The minimum absolute atomic E-state index is 0.0151. The van der Waals surface area contributed by atoms with E-state index in [1.165, 1.54) is 7.11 Å². The number of esters is 1. The van der Waals surface area contributed by atoms with Gasteiger partial charge in [-0.2, -0.15) is 0 Å². The molecule has 2 unspecified atom stereocenters. The number of ether oxygens (including phenoxy) is 1. The average Bonchev–Trinajstić information content (AvgIpc) is 2.81. The SMILES string of the molecule is COC(=O)CC(C)S(=O)(=O)CC1CSc2ccccc21. The lowest BCUT2D eigenvalue weighted by Gasteiger charge is -2.16. The second-order valence-electron chi connectivity index (χ2n) is 4.97. The lowest BCUT2D eigenvalue weighted by Crippen LogP contribution is -2.27. The summed E-state index contributed by atoms with van der Waals surface area (Å²) in [5, 5.41) is -0.701. The van der Waals surface area contributed by atoms with Crippen LogP contribution in [0.5, 0.6) is 0 Å². The quantitative estimate of drug-likeness (QED) is 0.780. The van der Waals surface area contributed by atoms with Crippen molar-refractivity contribution < 1.29 is 17.9 Å². The minimum Gasteiger partial charge on any atom is -0.469 e. The van der Waals surface area contributed by atoms with Gasteiger partial charge in [0.1, 0.15) is 0 Å². The molecule has 0 N–H and O–H groups in total. The summed E-state index contributed by atoms with van der Waals surface area (Å²) in [5.74, 6) is 0.405. The Balaban J connectivity index is 2.08. The molecular weight excluding hydrogens is 296 g/mol. The summed E-state index contributed by atoms with van der Waals surface area (Å²) in [6, 6.07) is 7.90. The molecule has 0 spiro atoms. The van der Waals surface area contributed by atoms with Crippen LogP contribution in [0.1, 0.15) is 24.8 Å². The van der Waals surface area contributed by atoms with Gasteiger partial charge in [0.15, 0.2) is 9.84 Å². The van der Waals surface area contributed by atoms with Crippen LogP contribution in [0.4, 0.5) is 0 Å². The molecule has 1 aliphatic rings. The van der Waals surface area contributed by atoms with Crippen molar-refractivity contribution in [1.29, 1.82) is 0 Å². The maximum absolute atomic E-state index is 12.3. The fraction of sp³-hybridized carbons (Fsp3) is 0.500. The van der Waals surface area contributed by atoms with E-state index in [2.05, 4.69) is 4.74 Å². The summed E-state index contributed by atoms with van der Waals surface area (Å²) < 4.78 is 29.2. The molecule has 0 amide bonds. The molecular formula is C14H18O4S2. The Morgan fingerprint density at radius 2 is 2.15 bits per heavy atom. The van der Waals surface area contributed by atoms with Crippen LogP contribution in [-0.2, 0) is 19.4 Å². The van der Waals surface area contributed by atoms with E-state index in [4.69, 9.17) is 0 Å². The summed E-state index contributed by atoms with van der Waals surface area (Å²) in [5.41, 5.74) is 1.10. The van der Waals surface area contributed by atoms with Gasteiger partial charge < -0.3 is 4.74 Å². The Kier molecular flexibility index (Phi) is 4.75. The normalized spacial score (nSPS) is 19.4. The maximum atomic E-state index is 12.3. The molecule has 1 heterocycles. The van der Waals surface area contributed by atoms with Crippen LogP contribution in [0.25, 0.3) is 0 Å². The van der Waals surface area contributed by atoms with Gasteiger partial charge in [0.2, 0.25) is 0 Å². The third-order valence-electron chi connectivity index (χ3n) is 3.53. The topological polar surface area (TPSA) is 60.4 Å². The Labute approximate surface area is 123 Å². The van der Waals surface area contributed by atoms with Gasteiger partial charge in [0, 0.05) is 16.6 Å². The Morgan fingerprint density at radius 3 is 2.85 bits per heavy atom. The first-order chi connectivity index (χ1) is 9.44. The van der Waals surface area contributed by atoms with Crippen LogP contribution in [0, 0.1) is 0 Å². The van der Waals surface area contributed by atoms with Crippen LogP contribution in [0.15, 0.2) is 29.2 Å². The zero-order valence-corrected chi connectivity index (χ0v) is 13.2. The molecule has 0 bridgehead atoms. The second kappa shape index (κ2) is 6.18. The number of methoxy groups -OCH3 is 1. The van der Waals surface area contributed by atoms with Crippen LogP contribution in [0.2, 0.25) is 0 Å². The van der Waals surface area contributed by atoms with E-state index in [0.717, 1.165) is 16.2 Å². The van der Waals surface area contributed by atoms with Crippen LogP contribution in [-0.4, -0.2) is 38.3 Å². The highest BCUT2D eigenvalue weighted by Gasteiger charge is 2.31. The van der Waals surface area contributed by atoms with Crippen molar-refractivity contribution in [2.75, 3.05) is 18.6 Å². The van der Waals surface area contributed by atoms with Crippen molar-refractivity contribution in [3.8, 4) is 0 Å². The summed E-state index contributed by atoms with van der Waals surface area (Å²) in [6.45, 7) is 1.57. The maximum Gasteiger partial charge on any atom is 0.306 e. The van der Waals surface area contributed by atoms with Crippen molar-refractivity contribution >= 4 is 27.6 Å². The van der Waals surface area contributed by atoms with E-state index in [-0.39, 0.29) is 18.1 Å². The molecule has 0 saturated carbocycles. The standard InChI is InChI=1S/C14H18O4S2/c1-10(7-14(15)18-2)20(16,17)9-11-8-19-13-6-4-3-5-12(11)13/h3-6,10-11H,7-9H2,1-2H3. The molecule has 0 aliphatic carbocycles. The second-order valence-corrected chi connectivity index (χ2v) is 8.49. The first-order valence-electron chi connectivity index (χ1n) is 6.44. The Bertz CT molecular complexity index is 595. The Morgan fingerprint density at radius 1 is 1.45 bits per heavy atom. The van der Waals surface area contributed by atoms with Crippen LogP contribution >= 0.6 is 11.8 Å². The number of hydrogen-bond acceptors (Lipinski definition) is 5. The summed E-state index contributed by atoms with van der Waals surface area (Å²) in [4.78, 5) is 12.4. The van der Waals surface area contributed by atoms with Gasteiger partial charge >= 0.3 is 5.97 Å². The largest absolute Gasteiger partial charge is 0.469 e. The molecule has 6 heteroatoms. The van der Waals surface area contributed by atoms with E-state index in [9.17, 15) is 13.2 Å². The molecule has 1 aromatic rings. The van der Waals surface area contributed by atoms with Gasteiger partial charge in [0.25, 0.3) is 0 Å². The zero-order valence-electron chi connectivity index (χ0n) is 11.5. The first kappa shape index (κ1) is 15.4. The van der Waals surface area contributed by atoms with Crippen LogP contribution < -0.4 is 0 Å². The van der Waals surface area contributed by atoms with E-state index in [1.54, 1.807) is 18.7 Å². The van der Waals surface area contributed by atoms with E-state index >= 15 is 0 Å². The van der Waals surface area contributed by atoms with Crippen molar-refractivity contribution in [2.24, 2.45) is 0 Å². The molecule has 1 aromatic carbocycles. The predicted molar refractivity (Wildman–Crippen MR) is 79.8 cm³/mol. The highest BCUT2D eigenvalue weighted by atomic mass is 32.2. The molecule has 2 rings (SSSR count). The number of hydrogen-bond donors (Lipinski definition) is 0. The van der Waals surface area contributed by atoms with Gasteiger partial charge in [-0.25, -0.2) is 8.42 Å². The number of sulfone groups is 1. The molecule has 1 aliphatic heterocycles. The molecule has 0 saturated heterocycles. The molecule has 0 aromatic heterocycles. The van der Waals surface area contributed by atoms with Gasteiger partial charge in [-0.1, -0.05) is 18.2 Å². The summed E-state index contributed by atoms with van der Waals surface area (Å²) >= 11 is 1.69. The van der Waals surface area contributed by atoms with Crippen molar-refractivity contribution in [3.05, 3.63) is 29.8 Å². The van der Waals surface area contributed by atoms with E-state index in [0.29, 0.717) is 0 Å². The van der Waals surface area contributed by atoms with Crippen molar-refractivity contribution in [2.45, 2.75) is 29.4 Å². The predicted octanol–water partition coefficient (Wildman–Crippen LogP) is 2.24. The average molecular weight is 314 g/mol. The number of thioether (sulfide) groups is 1. The van der Waals surface area contributed by atoms with Gasteiger partial charge in [-0.05, 0) is 18.6 Å². The number of benzene rings is 1. The third kappa shape index (κ3) is 3.35. The van der Waals surface area contributed by atoms with E-state index in [1.807, 2.05) is 24.3 Å². The molecule has 110 valence electrons. The Hall–Kier alpha value is -1.01. The fourth-order valence-electron chi connectivity index (χ4n) is 2.26. The molecule has 4 nitrogen and oxygen atoms in total. The molecule has 2 atom stereocenters. The van der Waals surface area contributed by atoms with Gasteiger partial charge in [0.05, 0.1) is 24.5 Å². The van der Waals surface area contributed by atoms with Gasteiger partial charge in [-0.3, -0.25) is 4.79 Å². The third-order valence-corrected chi connectivity index (χ3v) is 7.04. The molecule has 0 fully saturated rings. The van der Waals surface area contributed by atoms with Crippen LogP contribution in [0.3, 0.4) is 0 Å². The zero-order chi connectivity index (χ0) is 14.8. The lowest BCUT2D eigenvalue weighted by atomic mass is 10.0. The number of rotatable bonds is 5. The monoisotopic (exact) mass is 314 g/mol. The van der Waals surface area contributed by atoms with E-state index < -0.39 is 21.1 Å². The number of fused-ring (bicyclic) bond motifs is 1. The van der Waals surface area contributed by atoms with Gasteiger partial charge in [-0.15, -0.1) is 11.8 Å². The number of carbonyl (C=O) groups is 1. The highest BCUT2D eigenvalue weighted by Crippen LogP contribution is 2.40. The number of carbonyl (C=O) groups excluding carboxylic acids is 1. The van der Waals surface area contributed by atoms with Crippen molar-refractivity contribution in [3.63, 3.8) is 0 Å². The molecule has 0 radical (unpaired) electrons. The summed E-state index contributed by atoms with van der Waals surface area (Å²) in [6.07, 6.45) is -0.0830. The smallest absolute Gasteiger partial charge is 0.306 e. The summed E-state index contributed by atoms with van der Waals surface area (Å²) in [7, 11) is -2.04. The highest BCUT2D eigenvalue weighted by molar-refractivity contribution is 7.99.